The van der Waals surface area contributed by atoms with Crippen molar-refractivity contribution in [2.45, 2.75) is 24.9 Å². The van der Waals surface area contributed by atoms with Gasteiger partial charge in [0.1, 0.15) is 0 Å². The van der Waals surface area contributed by atoms with Gasteiger partial charge in [0.15, 0.2) is 0 Å². The Morgan fingerprint density at radius 1 is 0.950 bits per heavy atom. The highest BCUT2D eigenvalue weighted by molar-refractivity contribution is 5.78. The molecule has 1 atom stereocenters. The lowest BCUT2D eigenvalue weighted by atomic mass is 10.0. The quantitative estimate of drug-likeness (QED) is 0.901. The molecule has 2 aromatic rings. The Morgan fingerprint density at radius 3 is 2.15 bits per heavy atom. The van der Waals surface area contributed by atoms with Crippen LogP contribution in [-0.4, -0.2) is 29.2 Å². The molecule has 1 heterocycles. The first kappa shape index (κ1) is 12.1. The number of rotatable bonds is 2. The van der Waals surface area contributed by atoms with Crippen LogP contribution in [0.25, 0.3) is 11.1 Å². The van der Waals surface area contributed by atoms with Gasteiger partial charge >= 0.3 is 0 Å². The van der Waals surface area contributed by atoms with Crippen LogP contribution in [0.15, 0.2) is 48.5 Å². The molecule has 2 aliphatic rings. The SMILES string of the molecule is OCC1CCCN1C1c2ccccc2-c2ccccc21. The second kappa shape index (κ2) is 4.72. The summed E-state index contributed by atoms with van der Waals surface area (Å²) in [5, 5.41) is 9.65. The van der Waals surface area contributed by atoms with E-state index in [0.29, 0.717) is 12.1 Å². The Labute approximate surface area is 119 Å². The van der Waals surface area contributed by atoms with Crippen molar-refractivity contribution in [1.82, 2.24) is 4.90 Å². The van der Waals surface area contributed by atoms with Crippen molar-refractivity contribution < 1.29 is 5.11 Å². The highest BCUT2D eigenvalue weighted by atomic mass is 16.3. The lowest BCUT2D eigenvalue weighted by Gasteiger charge is -2.31. The van der Waals surface area contributed by atoms with Crippen molar-refractivity contribution in [3.8, 4) is 11.1 Å². The van der Waals surface area contributed by atoms with Gasteiger partial charge in [0.05, 0.1) is 12.6 Å². The molecule has 1 N–H and O–H groups in total. The Hall–Kier alpha value is -1.64. The van der Waals surface area contributed by atoms with Crippen molar-refractivity contribution in [2.75, 3.05) is 13.2 Å². The van der Waals surface area contributed by atoms with Gasteiger partial charge in [-0.1, -0.05) is 48.5 Å². The number of aliphatic hydroxyl groups excluding tert-OH is 1. The zero-order valence-corrected chi connectivity index (χ0v) is 11.5. The second-order valence-corrected chi connectivity index (χ2v) is 5.79. The summed E-state index contributed by atoms with van der Waals surface area (Å²) in [5.41, 5.74) is 5.51. The van der Waals surface area contributed by atoms with E-state index in [-0.39, 0.29) is 6.61 Å². The fraction of sp³-hybridized carbons (Fsp3) is 0.333. The van der Waals surface area contributed by atoms with E-state index in [1.807, 2.05) is 0 Å². The van der Waals surface area contributed by atoms with E-state index in [4.69, 9.17) is 0 Å². The topological polar surface area (TPSA) is 23.5 Å². The molecule has 1 aliphatic heterocycles. The summed E-state index contributed by atoms with van der Waals surface area (Å²) in [4.78, 5) is 2.49. The Balaban J connectivity index is 1.87. The van der Waals surface area contributed by atoms with Gasteiger partial charge in [-0.3, -0.25) is 4.90 Å². The maximum absolute atomic E-state index is 9.65. The van der Waals surface area contributed by atoms with E-state index in [0.717, 1.165) is 13.0 Å². The maximum atomic E-state index is 9.65. The van der Waals surface area contributed by atoms with E-state index in [9.17, 15) is 5.11 Å². The van der Waals surface area contributed by atoms with Gasteiger partial charge in [-0.25, -0.2) is 0 Å². The van der Waals surface area contributed by atoms with Crippen LogP contribution in [0.4, 0.5) is 0 Å². The number of fused-ring (bicyclic) bond motifs is 3. The summed E-state index contributed by atoms with van der Waals surface area (Å²) in [6.07, 6.45) is 2.30. The smallest absolute Gasteiger partial charge is 0.0617 e. The average molecular weight is 265 g/mol. The highest BCUT2D eigenvalue weighted by Gasteiger charge is 2.37. The lowest BCUT2D eigenvalue weighted by Crippen LogP contribution is -2.35. The summed E-state index contributed by atoms with van der Waals surface area (Å²) < 4.78 is 0. The first-order chi connectivity index (χ1) is 9.90. The van der Waals surface area contributed by atoms with Crippen molar-refractivity contribution in [2.24, 2.45) is 0 Å². The molecule has 1 aliphatic carbocycles. The molecule has 2 aromatic carbocycles. The van der Waals surface area contributed by atoms with Crippen LogP contribution in [0.5, 0.6) is 0 Å². The molecule has 0 spiro atoms. The van der Waals surface area contributed by atoms with E-state index >= 15 is 0 Å². The second-order valence-electron chi connectivity index (χ2n) is 5.79. The molecule has 0 saturated carbocycles. The lowest BCUT2D eigenvalue weighted by molar-refractivity contribution is 0.135. The fourth-order valence-corrected chi connectivity index (χ4v) is 3.88. The molecule has 0 aromatic heterocycles. The van der Waals surface area contributed by atoms with Crippen LogP contribution < -0.4 is 0 Å². The predicted octanol–water partition coefficient (Wildman–Crippen LogP) is 3.21. The van der Waals surface area contributed by atoms with Crippen molar-refractivity contribution >= 4 is 0 Å². The largest absolute Gasteiger partial charge is 0.395 e. The average Bonchev–Trinajstić information content (AvgIpc) is 3.08. The molecule has 20 heavy (non-hydrogen) atoms. The molecule has 1 unspecified atom stereocenters. The van der Waals surface area contributed by atoms with E-state index < -0.39 is 0 Å². The van der Waals surface area contributed by atoms with Crippen molar-refractivity contribution in [1.29, 1.82) is 0 Å². The molecule has 102 valence electrons. The van der Waals surface area contributed by atoms with Crippen molar-refractivity contribution in [3.05, 3.63) is 59.7 Å². The highest BCUT2D eigenvalue weighted by Crippen LogP contribution is 2.47. The molecule has 4 rings (SSSR count). The minimum absolute atomic E-state index is 0.265. The van der Waals surface area contributed by atoms with Crippen LogP contribution in [0, 0.1) is 0 Å². The number of nitrogens with zero attached hydrogens (tertiary/aromatic N) is 1. The molecule has 0 amide bonds. The molecule has 0 radical (unpaired) electrons. The van der Waals surface area contributed by atoms with Crippen LogP contribution in [-0.2, 0) is 0 Å². The minimum Gasteiger partial charge on any atom is -0.395 e. The monoisotopic (exact) mass is 265 g/mol. The van der Waals surface area contributed by atoms with Crippen molar-refractivity contribution in [3.63, 3.8) is 0 Å². The van der Waals surface area contributed by atoms with Crippen LogP contribution >= 0.6 is 0 Å². The molecular formula is C18H19NO. The summed E-state index contributed by atoms with van der Waals surface area (Å²) in [5.74, 6) is 0. The van der Waals surface area contributed by atoms with Gasteiger partial charge in [0.2, 0.25) is 0 Å². The zero-order valence-electron chi connectivity index (χ0n) is 11.5. The maximum Gasteiger partial charge on any atom is 0.0617 e. The van der Waals surface area contributed by atoms with Gasteiger partial charge in [-0.2, -0.15) is 0 Å². The van der Waals surface area contributed by atoms with Crippen LogP contribution in [0.2, 0.25) is 0 Å². The molecule has 1 fully saturated rings. The summed E-state index contributed by atoms with van der Waals surface area (Å²) in [6, 6.07) is 18.0. The summed E-state index contributed by atoms with van der Waals surface area (Å²) in [7, 11) is 0. The fourth-order valence-electron chi connectivity index (χ4n) is 3.88. The van der Waals surface area contributed by atoms with Crippen LogP contribution in [0.1, 0.15) is 30.0 Å². The van der Waals surface area contributed by atoms with E-state index in [2.05, 4.69) is 53.4 Å². The van der Waals surface area contributed by atoms with Gasteiger partial charge in [-0.15, -0.1) is 0 Å². The van der Waals surface area contributed by atoms with Gasteiger partial charge in [-0.05, 0) is 41.6 Å². The van der Waals surface area contributed by atoms with Gasteiger partial charge in [0.25, 0.3) is 0 Å². The first-order valence-electron chi connectivity index (χ1n) is 7.45. The Morgan fingerprint density at radius 2 is 1.55 bits per heavy atom. The van der Waals surface area contributed by atoms with E-state index in [1.165, 1.54) is 28.7 Å². The Kier molecular flexibility index (Phi) is 2.86. The normalized spacial score (nSPS) is 21.9. The molecular weight excluding hydrogens is 246 g/mol. The molecule has 0 bridgehead atoms. The number of hydrogen-bond acceptors (Lipinski definition) is 2. The number of hydrogen-bond donors (Lipinski definition) is 1. The third-order valence-corrected chi connectivity index (χ3v) is 4.77. The number of aliphatic hydroxyl groups is 1. The number of likely N-dealkylation sites (tertiary alicyclic amines) is 1. The minimum atomic E-state index is 0.265. The molecule has 1 saturated heterocycles. The van der Waals surface area contributed by atoms with Gasteiger partial charge in [0, 0.05) is 6.04 Å². The standard InChI is InChI=1S/C18H19NO/c20-12-13-6-5-11-19(13)18-16-9-3-1-7-14(16)15-8-2-4-10-17(15)18/h1-4,7-10,13,18,20H,5-6,11-12H2. The summed E-state index contributed by atoms with van der Waals surface area (Å²) >= 11 is 0. The third kappa shape index (κ3) is 1.65. The predicted molar refractivity (Wildman–Crippen MR) is 80.5 cm³/mol. The zero-order chi connectivity index (χ0) is 13.5. The van der Waals surface area contributed by atoms with E-state index in [1.54, 1.807) is 0 Å². The number of benzene rings is 2. The Bertz CT molecular complexity index is 591. The first-order valence-corrected chi connectivity index (χ1v) is 7.45. The molecule has 2 nitrogen and oxygen atoms in total. The molecule has 2 heteroatoms. The summed E-state index contributed by atoms with van der Waals surface area (Å²) in [6.45, 7) is 1.35. The van der Waals surface area contributed by atoms with Gasteiger partial charge < -0.3 is 5.11 Å². The third-order valence-electron chi connectivity index (χ3n) is 4.77. The van der Waals surface area contributed by atoms with Crippen LogP contribution in [0.3, 0.4) is 0 Å².